The van der Waals surface area contributed by atoms with E-state index in [-0.39, 0.29) is 35.0 Å². The molecule has 0 aromatic carbocycles. The van der Waals surface area contributed by atoms with E-state index in [1.165, 1.54) is 0 Å². The van der Waals surface area contributed by atoms with Gasteiger partial charge < -0.3 is 0 Å². The molecule has 3 fully saturated rings. The molecule has 0 heterocycles. The zero-order valence-electron chi connectivity index (χ0n) is 15.4. The topological polar surface area (TPSA) is 34.1 Å². The van der Waals surface area contributed by atoms with Crippen LogP contribution in [-0.2, 0) is 9.59 Å². The van der Waals surface area contributed by atoms with Gasteiger partial charge in [0.1, 0.15) is 5.78 Å². The Morgan fingerprint density at radius 2 is 1.84 bits per heavy atom. The van der Waals surface area contributed by atoms with Crippen LogP contribution in [0.1, 0.15) is 65.7 Å². The van der Waals surface area contributed by atoms with E-state index in [2.05, 4.69) is 6.92 Å². The molecule has 0 radical (unpaired) electrons. The van der Waals surface area contributed by atoms with Crippen molar-refractivity contribution < 1.29 is 18.4 Å². The Labute approximate surface area is 148 Å². The summed E-state index contributed by atoms with van der Waals surface area (Å²) in [6.07, 6.45) is 6.72. The maximum absolute atomic E-state index is 14.6. The van der Waals surface area contributed by atoms with Crippen molar-refractivity contribution in [3.63, 3.8) is 0 Å². The van der Waals surface area contributed by atoms with Crippen LogP contribution in [0.25, 0.3) is 0 Å². The third-order valence-electron chi connectivity index (χ3n) is 8.52. The van der Waals surface area contributed by atoms with E-state index in [0.717, 1.165) is 25.7 Å². The third-order valence-corrected chi connectivity index (χ3v) is 8.52. The number of hydrogen-bond acceptors (Lipinski definition) is 2. The molecule has 0 N–H and O–H groups in total. The van der Waals surface area contributed by atoms with Crippen LogP contribution < -0.4 is 0 Å². The van der Waals surface area contributed by atoms with Crippen LogP contribution in [0, 0.1) is 34.5 Å². The monoisotopic (exact) mass is 350 g/mol. The van der Waals surface area contributed by atoms with E-state index in [0.29, 0.717) is 24.7 Å². The van der Waals surface area contributed by atoms with Crippen LogP contribution in [0.4, 0.5) is 8.78 Å². The Morgan fingerprint density at radius 1 is 1.12 bits per heavy atom. The molecule has 4 aliphatic carbocycles. The van der Waals surface area contributed by atoms with Crippen molar-refractivity contribution in [3.8, 4) is 0 Å². The van der Waals surface area contributed by atoms with Crippen LogP contribution in [-0.4, -0.2) is 17.5 Å². The van der Waals surface area contributed by atoms with Crippen molar-refractivity contribution in [2.75, 3.05) is 0 Å². The molecule has 25 heavy (non-hydrogen) atoms. The number of hydrogen-bond donors (Lipinski definition) is 0. The van der Waals surface area contributed by atoms with Crippen LogP contribution >= 0.6 is 0 Å². The lowest BCUT2D eigenvalue weighted by atomic mass is 9.47. The minimum Gasteiger partial charge on any atom is -0.300 e. The molecule has 2 nitrogen and oxygen atoms in total. The predicted molar refractivity (Wildman–Crippen MR) is 91.2 cm³/mol. The molecular formula is C21H28F2O2. The Morgan fingerprint density at radius 3 is 2.52 bits per heavy atom. The van der Waals surface area contributed by atoms with E-state index in [1.807, 2.05) is 6.92 Å². The Hall–Kier alpha value is -1.06. The zero-order chi connectivity index (χ0) is 18.2. The van der Waals surface area contributed by atoms with Crippen molar-refractivity contribution in [2.45, 2.75) is 71.6 Å². The Kier molecular flexibility index (Phi) is 3.63. The van der Waals surface area contributed by atoms with Crippen LogP contribution in [0.5, 0.6) is 0 Å². The second-order valence-corrected chi connectivity index (χ2v) is 9.43. The molecular weight excluding hydrogens is 322 g/mol. The summed E-state index contributed by atoms with van der Waals surface area (Å²) in [5.74, 6) is -2.73. The number of carbonyl (C=O) groups excluding carboxylic acids is 2. The average Bonchev–Trinajstić information content (AvgIpc) is 2.89. The van der Waals surface area contributed by atoms with Crippen LogP contribution in [0.2, 0.25) is 0 Å². The SMILES string of the molecule is CC(=O)C1CCC2C3CC=C4C(F)(F)C(=O)CCC4(C)C3CCC12C. The first-order chi connectivity index (χ1) is 11.6. The number of rotatable bonds is 1. The van der Waals surface area contributed by atoms with Crippen LogP contribution in [0.15, 0.2) is 11.6 Å². The van der Waals surface area contributed by atoms with Gasteiger partial charge in [0.2, 0.25) is 5.78 Å². The summed E-state index contributed by atoms with van der Waals surface area (Å²) in [7, 11) is 0. The number of Topliss-reactive ketones (excluding diaryl/α,β-unsaturated/α-hetero) is 2. The first kappa shape index (κ1) is 17.4. The molecule has 0 aromatic heterocycles. The average molecular weight is 350 g/mol. The smallest absolute Gasteiger partial charge is 0.300 e. The molecule has 4 aliphatic rings. The van der Waals surface area contributed by atoms with E-state index in [4.69, 9.17) is 0 Å². The first-order valence-electron chi connectivity index (χ1n) is 9.75. The summed E-state index contributed by atoms with van der Waals surface area (Å²) in [6.45, 7) is 5.93. The second-order valence-electron chi connectivity index (χ2n) is 9.43. The van der Waals surface area contributed by atoms with Gasteiger partial charge in [-0.15, -0.1) is 0 Å². The fourth-order valence-corrected chi connectivity index (χ4v) is 7.25. The van der Waals surface area contributed by atoms with Gasteiger partial charge in [-0.2, -0.15) is 8.78 Å². The summed E-state index contributed by atoms with van der Waals surface area (Å²) in [6, 6.07) is 0. The van der Waals surface area contributed by atoms with Crippen molar-refractivity contribution >= 4 is 11.6 Å². The summed E-state index contributed by atoms with van der Waals surface area (Å²) >= 11 is 0. The lowest BCUT2D eigenvalue weighted by Crippen LogP contribution is -2.55. The van der Waals surface area contributed by atoms with Gasteiger partial charge in [-0.1, -0.05) is 19.9 Å². The van der Waals surface area contributed by atoms with Gasteiger partial charge in [0.15, 0.2) is 0 Å². The third kappa shape index (κ3) is 2.12. The number of fused-ring (bicyclic) bond motifs is 5. The van der Waals surface area contributed by atoms with Crippen molar-refractivity contribution in [3.05, 3.63) is 11.6 Å². The lowest BCUT2D eigenvalue weighted by Gasteiger charge is -2.58. The molecule has 6 unspecified atom stereocenters. The summed E-state index contributed by atoms with van der Waals surface area (Å²) in [5, 5.41) is 0. The van der Waals surface area contributed by atoms with E-state index >= 15 is 0 Å². The van der Waals surface area contributed by atoms with Gasteiger partial charge in [-0.3, -0.25) is 9.59 Å². The highest BCUT2D eigenvalue weighted by Gasteiger charge is 2.63. The first-order valence-corrected chi connectivity index (χ1v) is 9.75. The van der Waals surface area contributed by atoms with Gasteiger partial charge in [0, 0.05) is 17.9 Å². The zero-order valence-corrected chi connectivity index (χ0v) is 15.4. The normalized spacial score (nSPS) is 48.2. The van der Waals surface area contributed by atoms with E-state index in [9.17, 15) is 18.4 Å². The summed E-state index contributed by atoms with van der Waals surface area (Å²) in [5.41, 5.74) is -0.431. The van der Waals surface area contributed by atoms with Crippen molar-refractivity contribution in [1.82, 2.24) is 0 Å². The summed E-state index contributed by atoms with van der Waals surface area (Å²) in [4.78, 5) is 23.9. The molecule has 0 bridgehead atoms. The number of carbonyl (C=O) groups is 2. The minimum atomic E-state index is -3.28. The number of alkyl halides is 2. The number of halogens is 2. The molecule has 4 heteroatoms. The highest BCUT2D eigenvalue weighted by molar-refractivity contribution is 5.90. The largest absolute Gasteiger partial charge is 0.327 e. The van der Waals surface area contributed by atoms with Gasteiger partial charge in [0.05, 0.1) is 0 Å². The minimum absolute atomic E-state index is 0.0118. The fraction of sp³-hybridized carbons (Fsp3) is 0.810. The van der Waals surface area contributed by atoms with E-state index < -0.39 is 17.1 Å². The lowest BCUT2D eigenvalue weighted by molar-refractivity contribution is -0.149. The number of ketones is 2. The Balaban J connectivity index is 1.72. The molecule has 0 saturated heterocycles. The standard InChI is InChI=1S/C21H28F2O2/c1-12(24)14-5-6-15-13-4-7-17-20(3,11-9-18(25)21(17,22)23)16(13)8-10-19(14,15)2/h7,13-16H,4-6,8-11H2,1-3H3. The second kappa shape index (κ2) is 5.23. The van der Waals surface area contributed by atoms with Crippen molar-refractivity contribution in [2.24, 2.45) is 34.5 Å². The van der Waals surface area contributed by atoms with Gasteiger partial charge in [-0.25, -0.2) is 0 Å². The van der Waals surface area contributed by atoms with E-state index in [1.54, 1.807) is 13.0 Å². The number of allylic oxidation sites excluding steroid dienone is 2. The maximum Gasteiger partial charge on any atom is 0.327 e. The molecule has 3 saturated carbocycles. The molecule has 0 spiro atoms. The molecule has 138 valence electrons. The fourth-order valence-electron chi connectivity index (χ4n) is 7.25. The van der Waals surface area contributed by atoms with Gasteiger partial charge in [0.25, 0.3) is 0 Å². The summed E-state index contributed by atoms with van der Waals surface area (Å²) < 4.78 is 29.2. The van der Waals surface area contributed by atoms with Crippen LogP contribution in [0.3, 0.4) is 0 Å². The van der Waals surface area contributed by atoms with Gasteiger partial charge >= 0.3 is 5.92 Å². The molecule has 0 aliphatic heterocycles. The predicted octanol–water partition coefficient (Wildman–Crippen LogP) is 4.97. The molecule has 0 aromatic rings. The highest BCUT2D eigenvalue weighted by atomic mass is 19.3. The molecule has 4 rings (SSSR count). The van der Waals surface area contributed by atoms with Gasteiger partial charge in [-0.05, 0) is 74.0 Å². The molecule has 0 amide bonds. The highest BCUT2D eigenvalue weighted by Crippen LogP contribution is 2.67. The quantitative estimate of drug-likeness (QED) is 0.626. The molecule has 6 atom stereocenters. The van der Waals surface area contributed by atoms with Crippen molar-refractivity contribution in [1.29, 1.82) is 0 Å². The Bertz CT molecular complexity index is 667. The maximum atomic E-state index is 14.6.